The molecule has 3 aromatic rings. The number of aliphatic hydroxyl groups excluding tert-OH is 1. The van der Waals surface area contributed by atoms with Gasteiger partial charge in [-0.15, -0.1) is 0 Å². The van der Waals surface area contributed by atoms with Crippen LogP contribution in [0.4, 0.5) is 19.3 Å². The molecular weight excluding hydrogens is 502 g/mol. The normalized spacial score (nSPS) is 21.9. The Morgan fingerprint density at radius 1 is 1.22 bits per heavy atom. The van der Waals surface area contributed by atoms with Crippen LogP contribution in [-0.4, -0.2) is 73.9 Å². The average Bonchev–Trinajstić information content (AvgIpc) is 3.54. The molecule has 15 heteroatoms. The van der Waals surface area contributed by atoms with Crippen molar-refractivity contribution in [2.24, 2.45) is 0 Å². The number of carbonyl (C=O) groups excluding carboxylic acids is 1. The second kappa shape index (κ2) is 10.4. The molecule has 2 fully saturated rings. The van der Waals surface area contributed by atoms with Gasteiger partial charge in [0.2, 0.25) is 0 Å². The fourth-order valence-electron chi connectivity index (χ4n) is 4.30. The highest BCUT2D eigenvalue weighted by Crippen LogP contribution is 2.34. The summed E-state index contributed by atoms with van der Waals surface area (Å²) in [4.78, 5) is 18.7. The van der Waals surface area contributed by atoms with Crippen molar-refractivity contribution in [1.29, 1.82) is 0 Å². The monoisotopic (exact) mass is 526 g/mol. The minimum absolute atomic E-state index is 0.00449. The first kappa shape index (κ1) is 25.8. The van der Waals surface area contributed by atoms with Crippen molar-refractivity contribution in [3.63, 3.8) is 0 Å². The van der Waals surface area contributed by atoms with Crippen molar-refractivity contribution in [1.82, 2.24) is 24.8 Å². The Bertz CT molecular complexity index is 1360. The van der Waals surface area contributed by atoms with Gasteiger partial charge in [-0.1, -0.05) is 0 Å². The molecule has 36 heavy (non-hydrogen) atoms. The van der Waals surface area contributed by atoms with E-state index >= 15 is 0 Å². The van der Waals surface area contributed by atoms with Crippen molar-refractivity contribution in [2.75, 3.05) is 25.0 Å². The van der Waals surface area contributed by atoms with Gasteiger partial charge in [0.15, 0.2) is 5.65 Å². The summed E-state index contributed by atoms with van der Waals surface area (Å²) in [6.07, 6.45) is 3.94. The van der Waals surface area contributed by atoms with E-state index in [0.717, 1.165) is 17.8 Å². The van der Waals surface area contributed by atoms with E-state index in [1.165, 1.54) is 12.3 Å². The van der Waals surface area contributed by atoms with E-state index in [1.807, 2.05) is 6.07 Å². The number of aliphatic hydroxyl groups is 1. The minimum atomic E-state index is -4.67. The fraction of sp³-hybridized carbons (Fsp3) is 0.381. The summed E-state index contributed by atoms with van der Waals surface area (Å²) in [5, 5.41) is 19.9. The molecule has 12 nitrogen and oxygen atoms in total. The number of halogens is 2. The number of fused-ring (bicyclic) bond motifs is 1. The van der Waals surface area contributed by atoms with Crippen LogP contribution in [0.5, 0.6) is 0 Å². The lowest BCUT2D eigenvalue weighted by Crippen LogP contribution is -2.33. The number of hydrogen-bond donors (Lipinski definition) is 5. The standard InChI is InChI=1S/C21H22F2N6O2.H2O4S/c22-13-1-2-16(23)15(8-13)18-7-12(9-24-18)17-4-6-29-20(26-17)19(10-25-29)27-21(31)28-5-3-14(30)11-28;1-5(2,3)4/h1-2,4,6,8,10,12,14,18,24,30H,3,5,7,9,11H2,(H,27,31);(H2,1,2,3,4)/t12?,14-,18+;/m0./s1. The van der Waals surface area contributed by atoms with Crippen molar-refractivity contribution >= 4 is 27.8 Å². The Morgan fingerprint density at radius 2 is 1.97 bits per heavy atom. The van der Waals surface area contributed by atoms with E-state index in [-0.39, 0.29) is 18.0 Å². The molecule has 1 unspecified atom stereocenters. The van der Waals surface area contributed by atoms with Gasteiger partial charge in [0.05, 0.1) is 12.3 Å². The summed E-state index contributed by atoms with van der Waals surface area (Å²) in [6, 6.07) is 4.72. The Labute approximate surface area is 204 Å². The number of likely N-dealkylation sites (tertiary alicyclic amines) is 1. The summed E-state index contributed by atoms with van der Waals surface area (Å²) < 4.78 is 60.9. The Morgan fingerprint density at radius 3 is 2.67 bits per heavy atom. The molecule has 0 aliphatic carbocycles. The van der Waals surface area contributed by atoms with Crippen LogP contribution in [0.2, 0.25) is 0 Å². The zero-order valence-corrected chi connectivity index (χ0v) is 19.6. The topological polar surface area (TPSA) is 169 Å². The van der Waals surface area contributed by atoms with Crippen molar-refractivity contribution in [3.05, 3.63) is 59.6 Å². The lowest BCUT2D eigenvalue weighted by atomic mass is 9.97. The van der Waals surface area contributed by atoms with Crippen LogP contribution in [0.1, 0.15) is 36.1 Å². The molecule has 0 spiro atoms. The number of hydrogen-bond acceptors (Lipinski definition) is 7. The van der Waals surface area contributed by atoms with E-state index in [4.69, 9.17) is 17.5 Å². The molecular formula is C21H24F2N6O6S. The summed E-state index contributed by atoms with van der Waals surface area (Å²) in [6.45, 7) is 1.37. The first-order chi connectivity index (χ1) is 17.0. The van der Waals surface area contributed by atoms with Gasteiger partial charge in [-0.2, -0.15) is 13.5 Å². The van der Waals surface area contributed by atoms with Gasteiger partial charge < -0.3 is 20.6 Å². The van der Waals surface area contributed by atoms with Gasteiger partial charge in [0.1, 0.15) is 17.3 Å². The fourth-order valence-corrected chi connectivity index (χ4v) is 4.30. The molecule has 5 rings (SSSR count). The minimum Gasteiger partial charge on any atom is -0.391 e. The number of aromatic nitrogens is 3. The number of β-amino-alcohol motifs (C(OH)–C–C–N with tert-alkyl or cyclic N) is 1. The van der Waals surface area contributed by atoms with Crippen LogP contribution in [-0.2, 0) is 10.4 Å². The molecule has 2 aliphatic rings. The summed E-state index contributed by atoms with van der Waals surface area (Å²) in [5.41, 5.74) is 2.08. The maximum Gasteiger partial charge on any atom is 0.394 e. The maximum atomic E-state index is 14.2. The van der Waals surface area contributed by atoms with E-state index in [2.05, 4.69) is 20.7 Å². The number of carbonyl (C=O) groups is 1. The Hall–Kier alpha value is -3.24. The first-order valence-corrected chi connectivity index (χ1v) is 12.3. The second-order valence-corrected chi connectivity index (χ2v) is 9.40. The molecule has 1 aromatic carbocycles. The third-order valence-corrected chi connectivity index (χ3v) is 5.97. The largest absolute Gasteiger partial charge is 0.394 e. The van der Waals surface area contributed by atoms with Crippen molar-refractivity contribution in [2.45, 2.75) is 30.9 Å². The zero-order chi connectivity index (χ0) is 26.0. The number of anilines is 1. The summed E-state index contributed by atoms with van der Waals surface area (Å²) in [7, 11) is -4.67. The molecule has 0 radical (unpaired) electrons. The SMILES string of the molecule is O=C(Nc1cnn2ccc(C3CN[C@@H](c4cc(F)ccc4F)C3)nc12)N1CC[C@H](O)C1.O=S(=O)(O)O. The van der Waals surface area contributed by atoms with E-state index in [1.54, 1.807) is 15.6 Å². The lowest BCUT2D eigenvalue weighted by molar-refractivity contribution is 0.176. The van der Waals surface area contributed by atoms with Crippen LogP contribution in [0.15, 0.2) is 36.7 Å². The van der Waals surface area contributed by atoms with Gasteiger partial charge in [0, 0.05) is 49.0 Å². The number of rotatable bonds is 3. The predicted octanol–water partition coefficient (Wildman–Crippen LogP) is 1.77. The number of urea groups is 1. The molecule has 4 heterocycles. The van der Waals surface area contributed by atoms with Crippen molar-refractivity contribution in [3.8, 4) is 0 Å². The summed E-state index contributed by atoms with van der Waals surface area (Å²) in [5.74, 6) is -0.896. The third-order valence-electron chi connectivity index (χ3n) is 5.97. The van der Waals surface area contributed by atoms with Crippen LogP contribution in [0.3, 0.4) is 0 Å². The zero-order valence-electron chi connectivity index (χ0n) is 18.8. The van der Waals surface area contributed by atoms with E-state index in [0.29, 0.717) is 49.4 Å². The van der Waals surface area contributed by atoms with Gasteiger partial charge in [-0.3, -0.25) is 9.11 Å². The number of amides is 2. The second-order valence-electron chi connectivity index (χ2n) is 8.50. The lowest BCUT2D eigenvalue weighted by Gasteiger charge is -2.16. The van der Waals surface area contributed by atoms with Gasteiger partial charge in [-0.05, 0) is 37.1 Å². The van der Waals surface area contributed by atoms with Gasteiger partial charge in [-0.25, -0.2) is 23.1 Å². The predicted molar refractivity (Wildman–Crippen MR) is 123 cm³/mol. The molecule has 2 aromatic heterocycles. The molecule has 0 bridgehead atoms. The quantitative estimate of drug-likeness (QED) is 0.319. The molecule has 2 saturated heterocycles. The average molecular weight is 527 g/mol. The van der Waals surface area contributed by atoms with Crippen LogP contribution >= 0.6 is 0 Å². The maximum absolute atomic E-state index is 14.2. The van der Waals surface area contributed by atoms with Gasteiger partial charge in [0.25, 0.3) is 0 Å². The van der Waals surface area contributed by atoms with Crippen LogP contribution in [0, 0.1) is 11.6 Å². The van der Waals surface area contributed by atoms with Gasteiger partial charge >= 0.3 is 16.4 Å². The third kappa shape index (κ3) is 6.30. The molecule has 2 amide bonds. The number of nitrogens with zero attached hydrogens (tertiary/aromatic N) is 4. The van der Waals surface area contributed by atoms with E-state index in [9.17, 15) is 18.7 Å². The molecule has 2 aliphatic heterocycles. The summed E-state index contributed by atoms with van der Waals surface area (Å²) >= 11 is 0. The smallest absolute Gasteiger partial charge is 0.391 e. The molecule has 194 valence electrons. The van der Waals surface area contributed by atoms with E-state index < -0.39 is 28.1 Å². The molecule has 3 atom stereocenters. The molecule has 0 saturated carbocycles. The van der Waals surface area contributed by atoms with Crippen LogP contribution < -0.4 is 10.6 Å². The Balaban J connectivity index is 0.000000556. The Kier molecular flexibility index (Phi) is 7.46. The highest BCUT2D eigenvalue weighted by atomic mass is 32.3. The van der Waals surface area contributed by atoms with Crippen LogP contribution in [0.25, 0.3) is 5.65 Å². The van der Waals surface area contributed by atoms with Crippen molar-refractivity contribution < 1.29 is 36.2 Å². The molecule has 5 N–H and O–H groups in total. The number of benzene rings is 1. The number of nitrogens with one attached hydrogen (secondary N) is 2. The highest BCUT2D eigenvalue weighted by molar-refractivity contribution is 7.79. The first-order valence-electron chi connectivity index (χ1n) is 10.9. The highest BCUT2D eigenvalue weighted by Gasteiger charge is 2.30.